The van der Waals surface area contributed by atoms with Crippen molar-refractivity contribution < 1.29 is 32.6 Å². The second-order valence-corrected chi connectivity index (χ2v) is 10.1. The van der Waals surface area contributed by atoms with Gasteiger partial charge in [-0.1, -0.05) is 0 Å². The molecule has 3 aromatic heterocycles. The zero-order valence-electron chi connectivity index (χ0n) is 22.7. The van der Waals surface area contributed by atoms with E-state index in [0.717, 1.165) is 22.9 Å². The van der Waals surface area contributed by atoms with Gasteiger partial charge in [0.1, 0.15) is 17.4 Å². The van der Waals surface area contributed by atoms with Crippen molar-refractivity contribution in [3.63, 3.8) is 0 Å². The third-order valence-electron chi connectivity index (χ3n) is 5.81. The summed E-state index contributed by atoms with van der Waals surface area (Å²) >= 11 is 0.749. The van der Waals surface area contributed by atoms with Gasteiger partial charge < -0.3 is 15.2 Å². The van der Waals surface area contributed by atoms with E-state index >= 15 is 0 Å². The first kappa shape index (κ1) is 30.8. The number of carbonyl (C=O) groups excluding carboxylic acids is 1. The Labute approximate surface area is 233 Å². The van der Waals surface area contributed by atoms with Crippen LogP contribution in [0.3, 0.4) is 0 Å². The molecule has 40 heavy (non-hydrogen) atoms. The number of carbonyl (C=O) groups is 2. The summed E-state index contributed by atoms with van der Waals surface area (Å²) in [6.45, 7) is 11.1. The van der Waals surface area contributed by atoms with Crippen LogP contribution in [-0.4, -0.2) is 68.7 Å². The number of carboxylic acids is 1. The highest BCUT2D eigenvalue weighted by Crippen LogP contribution is 2.40. The van der Waals surface area contributed by atoms with E-state index in [1.54, 1.807) is 6.92 Å². The molecule has 14 heteroatoms. The van der Waals surface area contributed by atoms with Gasteiger partial charge in [0.2, 0.25) is 5.88 Å². The third kappa shape index (κ3) is 7.66. The molecule has 0 aliphatic carbocycles. The number of nitrogens with one attached hydrogen (secondary N) is 2. The highest BCUT2D eigenvalue weighted by atomic mass is 32.1. The van der Waals surface area contributed by atoms with Gasteiger partial charge in [-0.15, -0.1) is 11.3 Å². The van der Waals surface area contributed by atoms with Crippen LogP contribution in [0.5, 0.6) is 5.88 Å². The van der Waals surface area contributed by atoms with Gasteiger partial charge >= 0.3 is 18.2 Å². The van der Waals surface area contributed by atoms with E-state index in [4.69, 9.17) is 4.74 Å². The molecule has 216 valence electrons. The number of pyridine rings is 2. The Morgan fingerprint density at radius 3 is 2.35 bits per heavy atom. The topological polar surface area (TPSA) is 130 Å². The fourth-order valence-electron chi connectivity index (χ4n) is 4.00. The van der Waals surface area contributed by atoms with Crippen molar-refractivity contribution in [1.82, 2.24) is 25.2 Å². The molecular weight excluding hydrogens is 549 g/mol. The average molecular weight is 581 g/mol. The summed E-state index contributed by atoms with van der Waals surface area (Å²) in [7, 11) is 0. The fourth-order valence-corrected chi connectivity index (χ4v) is 4.86. The minimum Gasteiger partial charge on any atom is -0.478 e. The summed E-state index contributed by atoms with van der Waals surface area (Å²) in [5.41, 5.74) is -0.609. The minimum absolute atomic E-state index is 0.0128. The van der Waals surface area contributed by atoms with Gasteiger partial charge in [0.25, 0.3) is 0 Å². The van der Waals surface area contributed by atoms with Crippen molar-refractivity contribution in [3.8, 4) is 27.6 Å². The smallest absolute Gasteiger partial charge is 0.434 e. The number of ether oxygens (including phenoxy) is 1. The lowest BCUT2D eigenvalue weighted by molar-refractivity contribution is -0.140. The van der Waals surface area contributed by atoms with Gasteiger partial charge in [-0.2, -0.15) is 13.2 Å². The van der Waals surface area contributed by atoms with E-state index in [1.165, 1.54) is 18.3 Å². The maximum atomic E-state index is 13.4. The number of alkyl halides is 3. The molecule has 0 atom stereocenters. The third-order valence-corrected chi connectivity index (χ3v) is 6.69. The lowest BCUT2D eigenvalue weighted by Gasteiger charge is -2.30. The normalized spacial score (nSPS) is 11.8. The number of hydrogen-bond acceptors (Lipinski definition) is 8. The zero-order chi connectivity index (χ0) is 29.6. The number of hydrogen-bond donors (Lipinski definition) is 3. The number of nitrogens with zero attached hydrogens (tertiary/aromatic N) is 4. The summed E-state index contributed by atoms with van der Waals surface area (Å²) in [6.07, 6.45) is -2.20. The molecule has 10 nitrogen and oxygen atoms in total. The second-order valence-electron chi connectivity index (χ2n) is 9.29. The summed E-state index contributed by atoms with van der Waals surface area (Å²) in [6, 6.07) is 2.64. The van der Waals surface area contributed by atoms with Crippen LogP contribution in [0.4, 0.5) is 23.8 Å². The van der Waals surface area contributed by atoms with Crippen LogP contribution in [0.15, 0.2) is 29.9 Å². The molecule has 0 saturated carbocycles. The van der Waals surface area contributed by atoms with Crippen molar-refractivity contribution >= 4 is 29.2 Å². The number of aromatic carboxylic acids is 1. The number of halogens is 3. The van der Waals surface area contributed by atoms with Crippen molar-refractivity contribution in [3.05, 3.63) is 41.2 Å². The summed E-state index contributed by atoms with van der Waals surface area (Å²) < 4.78 is 46.1. The fraction of sp³-hybridized carbons (Fsp3) is 0.423. The van der Waals surface area contributed by atoms with Crippen LogP contribution in [0, 0.1) is 0 Å². The monoisotopic (exact) mass is 580 g/mol. The summed E-state index contributed by atoms with van der Waals surface area (Å²) in [4.78, 5) is 38.2. The SMILES string of the molecule is CCNC(=O)Nc1cc(-c2nc(C(F)(F)F)cs2)c(-c2cc(C(=O)O)cnc2OCCN(C(C)C)C(C)C)cn1. The molecule has 0 saturated heterocycles. The number of aromatic nitrogens is 3. The standard InChI is InChI=1S/C26H31F3N6O4S/c1-6-30-25(38)34-21-10-18(23-33-20(13-40-23)26(27,28)29)19(12-31-21)17-9-16(24(36)37)11-32-22(17)39-8-7-35(14(2)3)15(4)5/h9-15H,6-8H2,1-5H3,(H,36,37)(H2,30,31,34,38). The highest BCUT2D eigenvalue weighted by Gasteiger charge is 2.34. The molecule has 3 rings (SSSR count). The van der Waals surface area contributed by atoms with Gasteiger partial charge in [0.05, 0.1) is 5.56 Å². The van der Waals surface area contributed by atoms with Gasteiger partial charge in [-0.3, -0.25) is 10.2 Å². The molecule has 0 radical (unpaired) electrons. The quantitative estimate of drug-likeness (QED) is 0.266. The van der Waals surface area contributed by atoms with Crippen LogP contribution in [0.2, 0.25) is 0 Å². The second kappa shape index (κ2) is 13.0. The van der Waals surface area contributed by atoms with Crippen LogP contribution in [0.1, 0.15) is 50.7 Å². The lowest BCUT2D eigenvalue weighted by Crippen LogP contribution is -2.39. The van der Waals surface area contributed by atoms with Gasteiger partial charge in [0.15, 0.2) is 5.69 Å². The molecule has 0 aromatic carbocycles. The molecule has 0 aliphatic rings. The van der Waals surface area contributed by atoms with E-state index in [9.17, 15) is 27.9 Å². The zero-order valence-corrected chi connectivity index (χ0v) is 23.5. The van der Waals surface area contributed by atoms with Crippen LogP contribution >= 0.6 is 11.3 Å². The van der Waals surface area contributed by atoms with Crippen molar-refractivity contribution in [2.45, 2.75) is 52.9 Å². The van der Waals surface area contributed by atoms with E-state index in [-0.39, 0.29) is 57.6 Å². The van der Waals surface area contributed by atoms with Gasteiger partial charge in [-0.05, 0) is 46.8 Å². The molecule has 0 spiro atoms. The molecular formula is C26H31F3N6O4S. The van der Waals surface area contributed by atoms with E-state index in [0.29, 0.717) is 13.1 Å². The average Bonchev–Trinajstić information content (AvgIpc) is 3.37. The Balaban J connectivity index is 2.12. The van der Waals surface area contributed by atoms with Crippen LogP contribution < -0.4 is 15.4 Å². The molecule has 0 fully saturated rings. The van der Waals surface area contributed by atoms with Crippen LogP contribution in [-0.2, 0) is 6.18 Å². The van der Waals surface area contributed by atoms with Crippen molar-refractivity contribution in [1.29, 1.82) is 0 Å². The predicted molar refractivity (Wildman–Crippen MR) is 146 cm³/mol. The molecule has 0 aliphatic heterocycles. The molecule has 2 amide bonds. The first-order valence-electron chi connectivity index (χ1n) is 12.5. The molecule has 3 heterocycles. The first-order chi connectivity index (χ1) is 18.8. The van der Waals surface area contributed by atoms with E-state index < -0.39 is 23.9 Å². The van der Waals surface area contributed by atoms with Gasteiger partial charge in [-0.25, -0.2) is 24.5 Å². The number of thiazole rings is 1. The Morgan fingerprint density at radius 2 is 1.77 bits per heavy atom. The summed E-state index contributed by atoms with van der Waals surface area (Å²) in [5.74, 6) is -1.11. The number of urea groups is 1. The van der Waals surface area contributed by atoms with Crippen molar-refractivity contribution in [2.24, 2.45) is 0 Å². The molecule has 0 bridgehead atoms. The minimum atomic E-state index is -4.66. The Hall–Kier alpha value is -3.78. The molecule has 0 unspecified atom stereocenters. The van der Waals surface area contributed by atoms with Crippen LogP contribution in [0.25, 0.3) is 21.7 Å². The number of anilines is 1. The molecule has 3 aromatic rings. The van der Waals surface area contributed by atoms with Crippen molar-refractivity contribution in [2.75, 3.05) is 25.0 Å². The highest BCUT2D eigenvalue weighted by molar-refractivity contribution is 7.13. The Morgan fingerprint density at radius 1 is 1.07 bits per heavy atom. The number of carboxylic acid groups (broad SMARTS) is 1. The predicted octanol–water partition coefficient (Wildman–Crippen LogP) is 5.62. The Bertz CT molecular complexity index is 1340. The molecule has 3 N–H and O–H groups in total. The first-order valence-corrected chi connectivity index (χ1v) is 13.4. The maximum absolute atomic E-state index is 13.4. The largest absolute Gasteiger partial charge is 0.478 e. The maximum Gasteiger partial charge on any atom is 0.434 e. The number of amides is 2. The Kier molecular flexibility index (Phi) is 10.0. The lowest BCUT2D eigenvalue weighted by atomic mass is 10.0. The number of rotatable bonds is 11. The summed E-state index contributed by atoms with van der Waals surface area (Å²) in [5, 5.41) is 15.5. The van der Waals surface area contributed by atoms with E-state index in [1.807, 2.05) is 0 Å². The van der Waals surface area contributed by atoms with Gasteiger partial charge in [0, 0.05) is 59.6 Å². The van der Waals surface area contributed by atoms with E-state index in [2.05, 4.69) is 58.2 Å².